The predicted octanol–water partition coefficient (Wildman–Crippen LogP) is 2.30. The molecule has 3 nitrogen and oxygen atoms in total. The SMILES string of the molecule is CCCC1C(N)c2cccc(Cl)c2S1(=O)=O. The second kappa shape index (κ2) is 4.02. The molecule has 88 valence electrons. The van der Waals surface area contributed by atoms with Crippen LogP contribution in [0.4, 0.5) is 0 Å². The molecule has 2 atom stereocenters. The highest BCUT2D eigenvalue weighted by Gasteiger charge is 2.43. The molecular weight excluding hydrogens is 246 g/mol. The minimum Gasteiger partial charge on any atom is -0.323 e. The molecule has 0 aliphatic carbocycles. The Morgan fingerprint density at radius 1 is 1.44 bits per heavy atom. The molecule has 0 saturated carbocycles. The zero-order valence-electron chi connectivity index (χ0n) is 8.98. The first-order chi connectivity index (χ1) is 7.50. The molecule has 0 aromatic heterocycles. The Bertz CT molecular complexity index is 513. The topological polar surface area (TPSA) is 60.2 Å². The average Bonchev–Trinajstić information content (AvgIpc) is 2.41. The number of hydrogen-bond donors (Lipinski definition) is 1. The minimum absolute atomic E-state index is 0.239. The fraction of sp³-hybridized carbons (Fsp3) is 0.455. The third-order valence-electron chi connectivity index (χ3n) is 3.01. The van der Waals surface area contributed by atoms with Crippen LogP contribution < -0.4 is 5.73 Å². The highest BCUT2D eigenvalue weighted by Crippen LogP contribution is 2.42. The molecule has 1 aliphatic heterocycles. The molecule has 1 aliphatic rings. The highest BCUT2D eigenvalue weighted by atomic mass is 35.5. The Hall–Kier alpha value is -0.580. The van der Waals surface area contributed by atoms with E-state index >= 15 is 0 Å². The molecule has 16 heavy (non-hydrogen) atoms. The van der Waals surface area contributed by atoms with Gasteiger partial charge in [0, 0.05) is 6.04 Å². The average molecular weight is 260 g/mol. The molecule has 0 amide bonds. The minimum atomic E-state index is -3.35. The van der Waals surface area contributed by atoms with Crippen molar-refractivity contribution in [1.82, 2.24) is 0 Å². The van der Waals surface area contributed by atoms with Crippen LogP contribution in [0.3, 0.4) is 0 Å². The van der Waals surface area contributed by atoms with Crippen molar-refractivity contribution in [3.8, 4) is 0 Å². The maximum absolute atomic E-state index is 12.2. The fourth-order valence-corrected chi connectivity index (χ4v) is 5.01. The van der Waals surface area contributed by atoms with Gasteiger partial charge >= 0.3 is 0 Å². The number of rotatable bonds is 2. The van der Waals surface area contributed by atoms with E-state index in [4.69, 9.17) is 17.3 Å². The molecule has 0 fully saturated rings. The standard InChI is InChI=1S/C11H14ClNO2S/c1-2-4-9-10(13)7-5-3-6-8(12)11(7)16(9,14)15/h3,5-6,9-10H,2,4,13H2,1H3. The summed E-state index contributed by atoms with van der Waals surface area (Å²) in [5, 5.41) is -0.237. The van der Waals surface area contributed by atoms with E-state index in [9.17, 15) is 8.42 Å². The smallest absolute Gasteiger partial charge is 0.184 e. The molecular formula is C11H14ClNO2S. The van der Waals surface area contributed by atoms with Gasteiger partial charge in [-0.05, 0) is 18.1 Å². The summed E-state index contributed by atoms with van der Waals surface area (Å²) in [6.45, 7) is 1.95. The summed E-state index contributed by atoms with van der Waals surface area (Å²) >= 11 is 5.95. The van der Waals surface area contributed by atoms with Crippen LogP contribution in [-0.2, 0) is 9.84 Å². The van der Waals surface area contributed by atoms with Gasteiger partial charge in [-0.3, -0.25) is 0 Å². The first kappa shape index (κ1) is 11.9. The van der Waals surface area contributed by atoms with Crippen molar-refractivity contribution in [1.29, 1.82) is 0 Å². The quantitative estimate of drug-likeness (QED) is 0.887. The van der Waals surface area contributed by atoms with Gasteiger partial charge in [-0.25, -0.2) is 8.42 Å². The van der Waals surface area contributed by atoms with Crippen molar-refractivity contribution in [3.05, 3.63) is 28.8 Å². The molecule has 5 heteroatoms. The normalized spacial score (nSPS) is 26.7. The second-order valence-corrected chi connectivity index (χ2v) is 6.57. The predicted molar refractivity (Wildman–Crippen MR) is 64.3 cm³/mol. The van der Waals surface area contributed by atoms with E-state index in [-0.39, 0.29) is 9.92 Å². The van der Waals surface area contributed by atoms with Gasteiger partial charge in [0.25, 0.3) is 0 Å². The van der Waals surface area contributed by atoms with Crippen LogP contribution in [0.5, 0.6) is 0 Å². The largest absolute Gasteiger partial charge is 0.323 e. The molecule has 0 saturated heterocycles. The second-order valence-electron chi connectivity index (χ2n) is 4.06. The Kier molecular flexibility index (Phi) is 2.99. The van der Waals surface area contributed by atoms with Crippen molar-refractivity contribution in [2.45, 2.75) is 36.0 Å². The first-order valence-electron chi connectivity index (χ1n) is 5.28. The summed E-state index contributed by atoms with van der Waals surface area (Å²) in [5.74, 6) is 0. The first-order valence-corrected chi connectivity index (χ1v) is 7.20. The summed E-state index contributed by atoms with van der Waals surface area (Å²) in [7, 11) is -3.35. The lowest BCUT2D eigenvalue weighted by atomic mass is 10.0. The number of halogens is 1. The Morgan fingerprint density at radius 2 is 2.12 bits per heavy atom. The van der Waals surface area contributed by atoms with Gasteiger partial charge < -0.3 is 5.73 Å². The lowest BCUT2D eigenvalue weighted by Crippen LogP contribution is -2.26. The van der Waals surface area contributed by atoms with Gasteiger partial charge in [-0.1, -0.05) is 37.1 Å². The summed E-state index contributed by atoms with van der Waals surface area (Å²) in [4.78, 5) is 0.239. The van der Waals surface area contributed by atoms with Gasteiger partial charge in [0.15, 0.2) is 9.84 Å². The van der Waals surface area contributed by atoms with Gasteiger partial charge in [0.05, 0.1) is 15.2 Å². The molecule has 1 heterocycles. The van der Waals surface area contributed by atoms with E-state index in [1.54, 1.807) is 18.2 Å². The van der Waals surface area contributed by atoms with Crippen LogP contribution in [0.25, 0.3) is 0 Å². The van der Waals surface area contributed by atoms with E-state index in [0.717, 1.165) is 6.42 Å². The van der Waals surface area contributed by atoms with E-state index < -0.39 is 21.1 Å². The molecule has 0 spiro atoms. The van der Waals surface area contributed by atoms with Crippen LogP contribution in [-0.4, -0.2) is 13.7 Å². The van der Waals surface area contributed by atoms with Gasteiger partial charge in [-0.15, -0.1) is 0 Å². The number of sulfone groups is 1. The molecule has 1 aromatic rings. The summed E-state index contributed by atoms with van der Waals surface area (Å²) in [5.41, 5.74) is 6.64. The van der Waals surface area contributed by atoms with Gasteiger partial charge in [0.2, 0.25) is 0 Å². The monoisotopic (exact) mass is 259 g/mol. The zero-order chi connectivity index (χ0) is 11.9. The Labute approximate surface area is 101 Å². The van der Waals surface area contributed by atoms with Crippen LogP contribution in [0, 0.1) is 0 Å². The zero-order valence-corrected chi connectivity index (χ0v) is 10.6. The summed E-state index contributed by atoms with van der Waals surface area (Å²) in [6, 6.07) is 4.64. The maximum Gasteiger partial charge on any atom is 0.184 e. The molecule has 2 unspecified atom stereocenters. The van der Waals surface area contributed by atoms with Crippen LogP contribution in [0.15, 0.2) is 23.1 Å². The third-order valence-corrected chi connectivity index (χ3v) is 5.79. The maximum atomic E-state index is 12.2. The van der Waals surface area contributed by atoms with Crippen molar-refractivity contribution in [3.63, 3.8) is 0 Å². The lowest BCUT2D eigenvalue weighted by Gasteiger charge is -2.13. The molecule has 0 bridgehead atoms. The number of benzene rings is 1. The van der Waals surface area contributed by atoms with Crippen molar-refractivity contribution < 1.29 is 8.42 Å². The van der Waals surface area contributed by atoms with Gasteiger partial charge in [0.1, 0.15) is 0 Å². The summed E-state index contributed by atoms with van der Waals surface area (Å²) in [6.07, 6.45) is 1.37. The van der Waals surface area contributed by atoms with Crippen molar-refractivity contribution >= 4 is 21.4 Å². The Morgan fingerprint density at radius 3 is 2.69 bits per heavy atom. The van der Waals surface area contributed by atoms with Crippen LogP contribution >= 0.6 is 11.6 Å². The van der Waals surface area contributed by atoms with E-state index in [2.05, 4.69) is 0 Å². The van der Waals surface area contributed by atoms with Crippen molar-refractivity contribution in [2.75, 3.05) is 0 Å². The Balaban J connectivity index is 2.63. The molecule has 0 radical (unpaired) electrons. The third kappa shape index (κ3) is 1.56. The highest BCUT2D eigenvalue weighted by molar-refractivity contribution is 7.92. The fourth-order valence-electron chi connectivity index (χ4n) is 2.25. The van der Waals surface area contributed by atoms with E-state index in [0.29, 0.717) is 12.0 Å². The van der Waals surface area contributed by atoms with Crippen molar-refractivity contribution in [2.24, 2.45) is 5.73 Å². The van der Waals surface area contributed by atoms with Crippen LogP contribution in [0.2, 0.25) is 5.02 Å². The number of nitrogens with two attached hydrogens (primary N) is 1. The number of hydrogen-bond acceptors (Lipinski definition) is 3. The lowest BCUT2D eigenvalue weighted by molar-refractivity contribution is 0.555. The molecule has 2 N–H and O–H groups in total. The number of fused-ring (bicyclic) bond motifs is 1. The van der Waals surface area contributed by atoms with Gasteiger partial charge in [-0.2, -0.15) is 0 Å². The summed E-state index contributed by atoms with van der Waals surface area (Å²) < 4.78 is 24.5. The van der Waals surface area contributed by atoms with E-state index in [1.807, 2.05) is 6.92 Å². The molecule has 1 aromatic carbocycles. The molecule has 2 rings (SSSR count). The van der Waals surface area contributed by atoms with E-state index in [1.165, 1.54) is 0 Å². The van der Waals surface area contributed by atoms with Crippen LogP contribution in [0.1, 0.15) is 31.4 Å².